The van der Waals surface area contributed by atoms with Crippen LogP contribution in [0.25, 0.3) is 0 Å². The minimum absolute atomic E-state index is 0.115. The lowest BCUT2D eigenvalue weighted by Gasteiger charge is -2.10. The molecule has 6 heteroatoms. The molecule has 0 saturated heterocycles. The summed E-state index contributed by atoms with van der Waals surface area (Å²) < 4.78 is 35.5. The van der Waals surface area contributed by atoms with Crippen molar-refractivity contribution in [2.24, 2.45) is 0 Å². The fourth-order valence-corrected chi connectivity index (χ4v) is 5.13. The molecule has 1 aliphatic rings. The molecule has 0 radical (unpaired) electrons. The van der Waals surface area contributed by atoms with Gasteiger partial charge in [0.05, 0.1) is 11.3 Å². The first-order chi connectivity index (χ1) is 16.5. The Morgan fingerprint density at radius 2 is 1.50 bits per heavy atom. The average molecular weight is 477 g/mol. The molecule has 4 rings (SSSR count). The maximum absolute atomic E-state index is 12.3. The molecule has 0 atom stereocenters. The van der Waals surface area contributed by atoms with Crippen LogP contribution in [0.3, 0.4) is 0 Å². The van der Waals surface area contributed by atoms with Crippen molar-refractivity contribution < 1.29 is 22.7 Å². The number of rotatable bonds is 9. The fraction of sp³-hybridized carbons (Fsp3) is 0.250. The van der Waals surface area contributed by atoms with Gasteiger partial charge >= 0.3 is 5.97 Å². The number of esters is 1. The van der Waals surface area contributed by atoms with Crippen LogP contribution in [0.1, 0.15) is 42.7 Å². The van der Waals surface area contributed by atoms with Crippen molar-refractivity contribution in [2.45, 2.75) is 42.9 Å². The Balaban J connectivity index is 1.23. The molecule has 1 aliphatic carbocycles. The largest absolute Gasteiger partial charge is 0.490 e. The second-order valence-electron chi connectivity index (χ2n) is 8.39. The Morgan fingerprint density at radius 3 is 2.18 bits per heavy atom. The van der Waals surface area contributed by atoms with E-state index in [1.165, 1.54) is 37.3 Å². The molecule has 1 saturated carbocycles. The molecule has 0 aromatic heterocycles. The maximum Gasteiger partial charge on any atom is 0.315 e. The van der Waals surface area contributed by atoms with Gasteiger partial charge < -0.3 is 9.47 Å². The van der Waals surface area contributed by atoms with Crippen molar-refractivity contribution in [1.82, 2.24) is 0 Å². The molecule has 0 spiro atoms. The second kappa shape index (κ2) is 11.2. The summed E-state index contributed by atoms with van der Waals surface area (Å²) in [5.74, 6) is 1.45. The zero-order chi connectivity index (χ0) is 23.8. The fourth-order valence-electron chi connectivity index (χ4n) is 4.10. The van der Waals surface area contributed by atoms with E-state index in [9.17, 15) is 13.2 Å². The first-order valence-electron chi connectivity index (χ1n) is 11.5. The minimum Gasteiger partial charge on any atom is -0.490 e. The second-order valence-corrected chi connectivity index (χ2v) is 10.2. The van der Waals surface area contributed by atoms with Crippen LogP contribution in [0.4, 0.5) is 0 Å². The molecule has 1 fully saturated rings. The molecular weight excluding hydrogens is 448 g/mol. The molecule has 0 bridgehead atoms. The number of hydrogen-bond acceptors (Lipinski definition) is 5. The summed E-state index contributed by atoms with van der Waals surface area (Å²) in [5, 5.41) is 1.15. The zero-order valence-electron chi connectivity index (χ0n) is 18.9. The standard InChI is InChI=1S/C28H28O5S/c29-28(33-26-17-13-24(14-18-26)23-7-4-5-8-23)21-22-11-15-25(16-12-22)32-19-6-20-34(30,31)27-9-2-1-3-10-27/h1-3,6,9-18,20,23H,4-5,7-8,19,21H2/b20-6+. The van der Waals surface area contributed by atoms with Gasteiger partial charge in [-0.15, -0.1) is 0 Å². The highest BCUT2D eigenvalue weighted by Gasteiger charge is 2.17. The van der Waals surface area contributed by atoms with Crippen LogP contribution in [0.15, 0.2) is 95.2 Å². The minimum atomic E-state index is -3.48. The van der Waals surface area contributed by atoms with E-state index in [1.807, 2.05) is 12.1 Å². The van der Waals surface area contributed by atoms with Gasteiger partial charge in [-0.05, 0) is 72.4 Å². The van der Waals surface area contributed by atoms with Crippen LogP contribution in [-0.4, -0.2) is 21.0 Å². The van der Waals surface area contributed by atoms with Gasteiger partial charge in [0.1, 0.15) is 18.1 Å². The number of ether oxygens (including phenoxy) is 2. The van der Waals surface area contributed by atoms with Crippen molar-refractivity contribution in [3.63, 3.8) is 0 Å². The Morgan fingerprint density at radius 1 is 0.853 bits per heavy atom. The highest BCUT2D eigenvalue weighted by molar-refractivity contribution is 7.94. The van der Waals surface area contributed by atoms with Crippen molar-refractivity contribution >= 4 is 15.8 Å². The molecule has 5 nitrogen and oxygen atoms in total. The lowest BCUT2D eigenvalue weighted by atomic mass is 9.98. The Kier molecular flexibility index (Phi) is 7.80. The van der Waals surface area contributed by atoms with Gasteiger partial charge in [0, 0.05) is 5.41 Å². The molecule has 0 aliphatic heterocycles. The van der Waals surface area contributed by atoms with E-state index in [0.717, 1.165) is 11.0 Å². The molecular formula is C28H28O5S. The molecule has 3 aromatic rings. The summed E-state index contributed by atoms with van der Waals surface area (Å²) in [7, 11) is -3.48. The lowest BCUT2D eigenvalue weighted by molar-refractivity contribution is -0.133. The molecule has 34 heavy (non-hydrogen) atoms. The van der Waals surface area contributed by atoms with E-state index in [4.69, 9.17) is 9.47 Å². The average Bonchev–Trinajstić information content (AvgIpc) is 3.39. The summed E-state index contributed by atoms with van der Waals surface area (Å²) in [6.07, 6.45) is 6.67. The van der Waals surface area contributed by atoms with Crippen LogP contribution in [0.2, 0.25) is 0 Å². The number of sulfone groups is 1. The molecule has 176 valence electrons. The highest BCUT2D eigenvalue weighted by Crippen LogP contribution is 2.34. The maximum atomic E-state index is 12.3. The van der Waals surface area contributed by atoms with Crippen molar-refractivity contribution in [3.8, 4) is 11.5 Å². The molecule has 0 unspecified atom stereocenters. The third kappa shape index (κ3) is 6.58. The van der Waals surface area contributed by atoms with E-state index >= 15 is 0 Å². The summed E-state index contributed by atoms with van der Waals surface area (Å²) in [5.41, 5.74) is 2.13. The van der Waals surface area contributed by atoms with E-state index < -0.39 is 9.84 Å². The Labute approximate surface area is 201 Å². The smallest absolute Gasteiger partial charge is 0.315 e. The van der Waals surface area contributed by atoms with E-state index in [-0.39, 0.29) is 23.9 Å². The quantitative estimate of drug-likeness (QED) is 0.286. The highest BCUT2D eigenvalue weighted by atomic mass is 32.2. The van der Waals surface area contributed by atoms with Crippen molar-refractivity contribution in [3.05, 3.63) is 101 Å². The molecule has 0 N–H and O–H groups in total. The van der Waals surface area contributed by atoms with Crippen LogP contribution in [-0.2, 0) is 21.1 Å². The van der Waals surface area contributed by atoms with E-state index in [1.54, 1.807) is 54.6 Å². The summed E-state index contributed by atoms with van der Waals surface area (Å²) in [6.45, 7) is 0.115. The van der Waals surface area contributed by atoms with Gasteiger partial charge in [0.15, 0.2) is 9.84 Å². The summed E-state index contributed by atoms with van der Waals surface area (Å²) in [4.78, 5) is 12.6. The van der Waals surface area contributed by atoms with Crippen molar-refractivity contribution in [2.75, 3.05) is 6.61 Å². The number of hydrogen-bond donors (Lipinski definition) is 0. The predicted octanol–water partition coefficient (Wildman–Crippen LogP) is 5.86. The predicted molar refractivity (Wildman–Crippen MR) is 132 cm³/mol. The van der Waals surface area contributed by atoms with E-state index in [2.05, 4.69) is 12.1 Å². The topological polar surface area (TPSA) is 69.7 Å². The summed E-state index contributed by atoms with van der Waals surface area (Å²) in [6, 6.07) is 23.2. The van der Waals surface area contributed by atoms with Gasteiger partial charge in [-0.25, -0.2) is 8.42 Å². The van der Waals surface area contributed by atoms with E-state index in [0.29, 0.717) is 17.4 Å². The third-order valence-electron chi connectivity index (χ3n) is 5.90. The number of benzene rings is 3. The van der Waals surface area contributed by atoms with Crippen molar-refractivity contribution in [1.29, 1.82) is 0 Å². The van der Waals surface area contributed by atoms with Gasteiger partial charge in [-0.2, -0.15) is 0 Å². The first-order valence-corrected chi connectivity index (χ1v) is 13.0. The van der Waals surface area contributed by atoms with Crippen LogP contribution < -0.4 is 9.47 Å². The Bertz CT molecular complexity index is 1210. The molecule has 3 aromatic carbocycles. The zero-order valence-corrected chi connectivity index (χ0v) is 19.7. The lowest BCUT2D eigenvalue weighted by Crippen LogP contribution is -2.11. The first kappa shape index (κ1) is 23.8. The van der Waals surface area contributed by atoms with Gasteiger partial charge in [-0.3, -0.25) is 4.79 Å². The van der Waals surface area contributed by atoms with Crippen LogP contribution in [0.5, 0.6) is 11.5 Å². The number of carbonyl (C=O) groups is 1. The molecule has 0 heterocycles. The van der Waals surface area contributed by atoms with Crippen LogP contribution >= 0.6 is 0 Å². The normalized spacial score (nSPS) is 14.4. The summed E-state index contributed by atoms with van der Waals surface area (Å²) >= 11 is 0. The Hall–Kier alpha value is -3.38. The number of carbonyl (C=O) groups excluding carboxylic acids is 1. The third-order valence-corrected chi connectivity index (χ3v) is 7.38. The van der Waals surface area contributed by atoms with Gasteiger partial charge in [0.2, 0.25) is 0 Å². The van der Waals surface area contributed by atoms with Gasteiger partial charge in [0.25, 0.3) is 0 Å². The van der Waals surface area contributed by atoms with Crippen LogP contribution in [0, 0.1) is 0 Å². The van der Waals surface area contributed by atoms with Gasteiger partial charge in [-0.1, -0.05) is 55.3 Å². The SMILES string of the molecule is O=C(Cc1ccc(OC/C=C/S(=O)(=O)c2ccccc2)cc1)Oc1ccc(C2CCCC2)cc1. The molecule has 0 amide bonds. The monoisotopic (exact) mass is 476 g/mol.